The maximum absolute atomic E-state index is 12.3. The van der Waals surface area contributed by atoms with Gasteiger partial charge in [0.15, 0.2) is 0 Å². The zero-order chi connectivity index (χ0) is 19.0. The van der Waals surface area contributed by atoms with E-state index in [1.54, 1.807) is 24.7 Å². The predicted molar refractivity (Wildman–Crippen MR) is 102 cm³/mol. The summed E-state index contributed by atoms with van der Waals surface area (Å²) in [6.45, 7) is 1.99. The minimum absolute atomic E-state index is 0.0903. The number of aromatic nitrogens is 3. The fourth-order valence-electron chi connectivity index (χ4n) is 3.24. The normalized spacial score (nSPS) is 18.1. The second-order valence-electron chi connectivity index (χ2n) is 6.83. The van der Waals surface area contributed by atoms with E-state index in [1.165, 1.54) is 0 Å². The Labute approximate surface area is 156 Å². The maximum atomic E-state index is 12.3. The lowest BCUT2D eigenvalue weighted by Crippen LogP contribution is -2.15. The standard InChI is InChI=1S/C20H18N6O/c1-11-3-5-23-9-15(11)17-7-13-8-18(24-10-16(13)19(22)25-17)26-20(27)14-6-12(14)2-4-21/h3,5,7-10,12,14H,2,6H2,1H3,(H2,22,25)(H,24,26,27)/t12-,14-/m0/s1. The van der Waals surface area contributed by atoms with Crippen molar-refractivity contribution in [3.8, 4) is 17.3 Å². The highest BCUT2D eigenvalue weighted by molar-refractivity contribution is 5.98. The molecule has 134 valence electrons. The number of nitrogen functional groups attached to an aromatic ring is 1. The van der Waals surface area contributed by atoms with Crippen molar-refractivity contribution in [3.05, 3.63) is 42.4 Å². The van der Waals surface area contributed by atoms with Crippen LogP contribution in [-0.4, -0.2) is 20.9 Å². The van der Waals surface area contributed by atoms with Crippen molar-refractivity contribution in [2.75, 3.05) is 11.1 Å². The zero-order valence-electron chi connectivity index (χ0n) is 14.8. The molecule has 27 heavy (non-hydrogen) atoms. The molecule has 0 aliphatic heterocycles. The first-order valence-electron chi connectivity index (χ1n) is 8.72. The summed E-state index contributed by atoms with van der Waals surface area (Å²) in [5, 5.41) is 13.1. The summed E-state index contributed by atoms with van der Waals surface area (Å²) < 4.78 is 0. The van der Waals surface area contributed by atoms with E-state index in [0.717, 1.165) is 34.0 Å². The second kappa shape index (κ2) is 6.65. The largest absolute Gasteiger partial charge is 0.383 e. The Bertz CT molecular complexity index is 1090. The number of hydrogen-bond donors (Lipinski definition) is 2. The van der Waals surface area contributed by atoms with Crippen molar-refractivity contribution in [2.45, 2.75) is 19.8 Å². The predicted octanol–water partition coefficient (Wildman–Crippen LogP) is 3.07. The molecule has 3 aromatic heterocycles. The van der Waals surface area contributed by atoms with Gasteiger partial charge in [0.25, 0.3) is 0 Å². The van der Waals surface area contributed by atoms with Crippen LogP contribution < -0.4 is 11.1 Å². The van der Waals surface area contributed by atoms with E-state index >= 15 is 0 Å². The molecule has 2 atom stereocenters. The van der Waals surface area contributed by atoms with Crippen LogP contribution in [0, 0.1) is 30.1 Å². The van der Waals surface area contributed by atoms with Gasteiger partial charge in [-0.15, -0.1) is 0 Å². The molecule has 0 unspecified atom stereocenters. The summed E-state index contributed by atoms with van der Waals surface area (Å²) in [7, 11) is 0. The van der Waals surface area contributed by atoms with Crippen molar-refractivity contribution in [2.24, 2.45) is 11.8 Å². The molecule has 0 radical (unpaired) electrons. The SMILES string of the molecule is Cc1ccncc1-c1cc2cc(NC(=O)[C@H]3C[C@@H]3CC#N)ncc2c(N)n1. The molecule has 3 N–H and O–H groups in total. The van der Waals surface area contributed by atoms with Crippen molar-refractivity contribution in [1.29, 1.82) is 5.26 Å². The van der Waals surface area contributed by atoms with Gasteiger partial charge in [0.2, 0.25) is 5.91 Å². The summed E-state index contributed by atoms with van der Waals surface area (Å²) in [5.74, 6) is 0.822. The molecule has 1 aliphatic carbocycles. The molecule has 0 aromatic carbocycles. The van der Waals surface area contributed by atoms with E-state index in [4.69, 9.17) is 11.0 Å². The fraction of sp³-hybridized carbons (Fsp3) is 0.250. The first-order valence-corrected chi connectivity index (χ1v) is 8.72. The van der Waals surface area contributed by atoms with Gasteiger partial charge in [-0.3, -0.25) is 9.78 Å². The molecular weight excluding hydrogens is 340 g/mol. The molecule has 3 heterocycles. The molecule has 0 spiro atoms. The lowest BCUT2D eigenvalue weighted by Gasteiger charge is -2.10. The molecule has 1 aliphatic rings. The van der Waals surface area contributed by atoms with Gasteiger partial charge in [0.05, 0.1) is 11.8 Å². The lowest BCUT2D eigenvalue weighted by molar-refractivity contribution is -0.117. The van der Waals surface area contributed by atoms with Gasteiger partial charge in [0.1, 0.15) is 11.6 Å². The lowest BCUT2D eigenvalue weighted by atomic mass is 10.1. The van der Waals surface area contributed by atoms with Gasteiger partial charge in [-0.25, -0.2) is 9.97 Å². The third-order valence-corrected chi connectivity index (χ3v) is 4.92. The van der Waals surface area contributed by atoms with Crippen LogP contribution in [0.5, 0.6) is 0 Å². The number of carbonyl (C=O) groups is 1. The first kappa shape index (κ1) is 16.9. The monoisotopic (exact) mass is 358 g/mol. The molecular formula is C20H18N6O. The van der Waals surface area contributed by atoms with Crippen LogP contribution in [0.4, 0.5) is 11.6 Å². The molecule has 7 nitrogen and oxygen atoms in total. The van der Waals surface area contributed by atoms with Crippen molar-refractivity contribution >= 4 is 28.3 Å². The van der Waals surface area contributed by atoms with Crippen LogP contribution in [-0.2, 0) is 4.79 Å². The Morgan fingerprint density at radius 3 is 3.04 bits per heavy atom. The van der Waals surface area contributed by atoms with Gasteiger partial charge in [-0.1, -0.05) is 0 Å². The number of anilines is 2. The number of nitrogens with one attached hydrogen (secondary N) is 1. The van der Waals surface area contributed by atoms with Gasteiger partial charge in [0, 0.05) is 41.9 Å². The minimum Gasteiger partial charge on any atom is -0.383 e. The fourth-order valence-corrected chi connectivity index (χ4v) is 3.24. The number of nitrogens with zero attached hydrogens (tertiary/aromatic N) is 4. The quantitative estimate of drug-likeness (QED) is 0.740. The zero-order valence-corrected chi connectivity index (χ0v) is 14.8. The summed E-state index contributed by atoms with van der Waals surface area (Å²) in [6.07, 6.45) is 6.29. The summed E-state index contributed by atoms with van der Waals surface area (Å²) in [6, 6.07) is 7.75. The third-order valence-electron chi connectivity index (χ3n) is 4.92. The molecule has 0 bridgehead atoms. The molecule has 1 amide bonds. The maximum Gasteiger partial charge on any atom is 0.228 e. The third kappa shape index (κ3) is 3.29. The number of hydrogen-bond acceptors (Lipinski definition) is 6. The first-order chi connectivity index (χ1) is 13.1. The average molecular weight is 358 g/mol. The molecule has 7 heteroatoms. The summed E-state index contributed by atoms with van der Waals surface area (Å²) in [4.78, 5) is 25.2. The van der Waals surface area contributed by atoms with Crippen LogP contribution in [0.1, 0.15) is 18.4 Å². The molecule has 0 saturated heterocycles. The second-order valence-corrected chi connectivity index (χ2v) is 6.83. The number of amides is 1. The number of fused-ring (bicyclic) bond motifs is 1. The van der Waals surface area contributed by atoms with Crippen molar-refractivity contribution in [1.82, 2.24) is 15.0 Å². The number of carbonyl (C=O) groups excluding carboxylic acids is 1. The Balaban J connectivity index is 1.64. The Morgan fingerprint density at radius 1 is 1.41 bits per heavy atom. The summed E-state index contributed by atoms with van der Waals surface area (Å²) in [5.41, 5.74) is 8.80. The number of rotatable bonds is 4. The van der Waals surface area contributed by atoms with Crippen molar-refractivity contribution in [3.63, 3.8) is 0 Å². The molecule has 1 saturated carbocycles. The average Bonchev–Trinajstić information content (AvgIpc) is 3.41. The molecule has 3 aromatic rings. The van der Waals surface area contributed by atoms with E-state index in [0.29, 0.717) is 18.1 Å². The van der Waals surface area contributed by atoms with Gasteiger partial charge < -0.3 is 11.1 Å². The number of nitriles is 1. The highest BCUT2D eigenvalue weighted by Crippen LogP contribution is 2.41. The van der Waals surface area contributed by atoms with Gasteiger partial charge in [-0.05, 0) is 48.4 Å². The minimum atomic E-state index is -0.0988. The highest BCUT2D eigenvalue weighted by Gasteiger charge is 2.42. The van der Waals surface area contributed by atoms with Crippen LogP contribution in [0.3, 0.4) is 0 Å². The Hall–Kier alpha value is -3.53. The highest BCUT2D eigenvalue weighted by atomic mass is 16.2. The van der Waals surface area contributed by atoms with E-state index in [9.17, 15) is 4.79 Å². The number of nitrogens with two attached hydrogens (primary N) is 1. The van der Waals surface area contributed by atoms with Crippen LogP contribution in [0.25, 0.3) is 22.0 Å². The molecule has 4 rings (SSSR count). The van der Waals surface area contributed by atoms with Gasteiger partial charge >= 0.3 is 0 Å². The summed E-state index contributed by atoms with van der Waals surface area (Å²) >= 11 is 0. The van der Waals surface area contributed by atoms with E-state index in [1.807, 2.05) is 19.1 Å². The molecule has 1 fully saturated rings. The van der Waals surface area contributed by atoms with Gasteiger partial charge in [-0.2, -0.15) is 5.26 Å². The Kier molecular flexibility index (Phi) is 4.16. The number of pyridine rings is 3. The van der Waals surface area contributed by atoms with Crippen LogP contribution >= 0.6 is 0 Å². The topological polar surface area (TPSA) is 118 Å². The smallest absolute Gasteiger partial charge is 0.228 e. The van der Waals surface area contributed by atoms with Crippen LogP contribution in [0.2, 0.25) is 0 Å². The Morgan fingerprint density at radius 2 is 2.26 bits per heavy atom. The number of aryl methyl sites for hydroxylation is 1. The van der Waals surface area contributed by atoms with E-state index < -0.39 is 0 Å². The van der Waals surface area contributed by atoms with Crippen LogP contribution in [0.15, 0.2) is 36.8 Å². The van der Waals surface area contributed by atoms with E-state index in [-0.39, 0.29) is 17.7 Å². The van der Waals surface area contributed by atoms with Crippen molar-refractivity contribution < 1.29 is 4.79 Å². The van der Waals surface area contributed by atoms with E-state index in [2.05, 4.69) is 26.3 Å².